The maximum absolute atomic E-state index is 3.57. The number of nitrogens with one attached hydrogen (secondary N) is 1. The number of rotatable bonds is 4. The first-order chi connectivity index (χ1) is 7.02. The summed E-state index contributed by atoms with van der Waals surface area (Å²) in [5.74, 6) is 0.690. The molecule has 1 aromatic rings. The van der Waals surface area contributed by atoms with Gasteiger partial charge in [-0.1, -0.05) is 32.0 Å². The molecule has 0 amide bonds. The second-order valence-corrected chi connectivity index (χ2v) is 4.77. The molecule has 1 nitrogen and oxygen atoms in total. The van der Waals surface area contributed by atoms with Gasteiger partial charge in [-0.25, -0.2) is 0 Å². The molecule has 0 aliphatic rings. The van der Waals surface area contributed by atoms with E-state index in [1.54, 1.807) is 0 Å². The minimum Gasteiger partial charge on any atom is -0.310 e. The summed E-state index contributed by atoms with van der Waals surface area (Å²) in [6.07, 6.45) is 0. The molecule has 84 valence electrons. The largest absolute Gasteiger partial charge is 0.310 e. The fourth-order valence-electron chi connectivity index (χ4n) is 1.51. The minimum absolute atomic E-state index is 0.574. The van der Waals surface area contributed by atoms with Crippen LogP contribution in [-0.2, 0) is 6.54 Å². The Bertz CT molecular complexity index is 315. The first-order valence-electron chi connectivity index (χ1n) is 5.81. The van der Waals surface area contributed by atoms with Gasteiger partial charge in [-0.3, -0.25) is 0 Å². The summed E-state index contributed by atoms with van der Waals surface area (Å²) in [7, 11) is 0. The second-order valence-electron chi connectivity index (χ2n) is 4.77. The van der Waals surface area contributed by atoms with Crippen LogP contribution >= 0.6 is 0 Å². The molecule has 1 heteroatoms. The summed E-state index contributed by atoms with van der Waals surface area (Å²) in [6, 6.07) is 7.09. The van der Waals surface area contributed by atoms with Crippen molar-refractivity contribution in [3.05, 3.63) is 34.9 Å². The highest BCUT2D eigenvalue weighted by atomic mass is 14.9. The van der Waals surface area contributed by atoms with E-state index in [0.717, 1.165) is 6.54 Å². The zero-order valence-electron chi connectivity index (χ0n) is 10.6. The molecular formula is C14H23N. The number of benzene rings is 1. The molecule has 1 N–H and O–H groups in total. The maximum Gasteiger partial charge on any atom is 0.0210 e. The molecule has 0 spiro atoms. The van der Waals surface area contributed by atoms with E-state index in [9.17, 15) is 0 Å². The van der Waals surface area contributed by atoms with Gasteiger partial charge in [0.2, 0.25) is 0 Å². The molecule has 1 aromatic carbocycles. The van der Waals surface area contributed by atoms with Crippen LogP contribution in [0.25, 0.3) is 0 Å². The molecular weight excluding hydrogens is 182 g/mol. The lowest BCUT2D eigenvalue weighted by Crippen LogP contribution is -2.30. The number of aryl methyl sites for hydroxylation is 1. The van der Waals surface area contributed by atoms with Crippen molar-refractivity contribution in [1.82, 2.24) is 5.32 Å². The van der Waals surface area contributed by atoms with Crippen LogP contribution in [-0.4, -0.2) is 6.04 Å². The van der Waals surface area contributed by atoms with Crippen LogP contribution in [0.2, 0.25) is 0 Å². The molecule has 0 saturated heterocycles. The molecule has 15 heavy (non-hydrogen) atoms. The van der Waals surface area contributed by atoms with Crippen LogP contribution in [0.1, 0.15) is 37.5 Å². The van der Waals surface area contributed by atoms with E-state index in [4.69, 9.17) is 0 Å². The molecule has 1 atom stereocenters. The Morgan fingerprint density at radius 1 is 1.13 bits per heavy atom. The quantitative estimate of drug-likeness (QED) is 0.794. The highest BCUT2D eigenvalue weighted by molar-refractivity contribution is 5.32. The van der Waals surface area contributed by atoms with Gasteiger partial charge in [0.15, 0.2) is 0 Å². The lowest BCUT2D eigenvalue weighted by molar-refractivity contribution is 0.426. The standard InChI is InChI=1S/C14H23N/c1-10(2)13(5)15-9-14-8-6-7-11(3)12(14)4/h6-8,10,13,15H,9H2,1-5H3. The predicted octanol–water partition coefficient (Wildman–Crippen LogP) is 3.44. The Kier molecular flexibility index (Phi) is 4.34. The smallest absolute Gasteiger partial charge is 0.0210 e. The zero-order chi connectivity index (χ0) is 11.4. The van der Waals surface area contributed by atoms with Crippen LogP contribution in [0.5, 0.6) is 0 Å². The minimum atomic E-state index is 0.574. The molecule has 0 radical (unpaired) electrons. The highest BCUT2D eigenvalue weighted by Gasteiger charge is 2.07. The normalized spacial score (nSPS) is 13.2. The van der Waals surface area contributed by atoms with Crippen LogP contribution < -0.4 is 5.32 Å². The molecule has 0 heterocycles. The Morgan fingerprint density at radius 3 is 2.40 bits per heavy atom. The fourth-order valence-corrected chi connectivity index (χ4v) is 1.51. The Labute approximate surface area is 93.9 Å². The van der Waals surface area contributed by atoms with E-state index in [-0.39, 0.29) is 0 Å². The van der Waals surface area contributed by atoms with Gasteiger partial charge in [0.1, 0.15) is 0 Å². The van der Waals surface area contributed by atoms with Gasteiger partial charge in [0.25, 0.3) is 0 Å². The highest BCUT2D eigenvalue weighted by Crippen LogP contribution is 2.13. The van der Waals surface area contributed by atoms with Crippen LogP contribution in [0.3, 0.4) is 0 Å². The van der Waals surface area contributed by atoms with Crippen LogP contribution in [0.15, 0.2) is 18.2 Å². The molecule has 0 aromatic heterocycles. The van der Waals surface area contributed by atoms with Gasteiger partial charge >= 0.3 is 0 Å². The Morgan fingerprint density at radius 2 is 1.80 bits per heavy atom. The third-order valence-electron chi connectivity index (χ3n) is 3.33. The molecule has 0 bridgehead atoms. The van der Waals surface area contributed by atoms with E-state index in [2.05, 4.69) is 58.1 Å². The van der Waals surface area contributed by atoms with E-state index in [1.807, 2.05) is 0 Å². The molecule has 1 rings (SSSR count). The summed E-state index contributed by atoms with van der Waals surface area (Å²) >= 11 is 0. The zero-order valence-corrected chi connectivity index (χ0v) is 10.6. The molecule has 0 fully saturated rings. The van der Waals surface area contributed by atoms with Crippen molar-refractivity contribution in [2.24, 2.45) is 5.92 Å². The number of hydrogen-bond donors (Lipinski definition) is 1. The molecule has 1 unspecified atom stereocenters. The average Bonchev–Trinajstić information content (AvgIpc) is 2.19. The van der Waals surface area contributed by atoms with Gasteiger partial charge in [0.05, 0.1) is 0 Å². The lowest BCUT2D eigenvalue weighted by atomic mass is 10.0. The Hall–Kier alpha value is -0.820. The van der Waals surface area contributed by atoms with E-state index < -0.39 is 0 Å². The van der Waals surface area contributed by atoms with Crippen LogP contribution in [0, 0.1) is 19.8 Å². The van der Waals surface area contributed by atoms with Gasteiger partial charge in [-0.2, -0.15) is 0 Å². The van der Waals surface area contributed by atoms with Crippen molar-refractivity contribution in [3.63, 3.8) is 0 Å². The van der Waals surface area contributed by atoms with E-state index >= 15 is 0 Å². The van der Waals surface area contributed by atoms with Crippen molar-refractivity contribution < 1.29 is 0 Å². The summed E-state index contributed by atoms with van der Waals surface area (Å²) < 4.78 is 0. The molecule has 0 aliphatic heterocycles. The van der Waals surface area contributed by atoms with E-state index in [1.165, 1.54) is 16.7 Å². The predicted molar refractivity (Wildman–Crippen MR) is 67.1 cm³/mol. The van der Waals surface area contributed by atoms with Crippen molar-refractivity contribution >= 4 is 0 Å². The van der Waals surface area contributed by atoms with Gasteiger partial charge in [0, 0.05) is 12.6 Å². The topological polar surface area (TPSA) is 12.0 Å². The molecule has 0 saturated carbocycles. The summed E-state index contributed by atoms with van der Waals surface area (Å²) in [4.78, 5) is 0. The van der Waals surface area contributed by atoms with Gasteiger partial charge in [-0.15, -0.1) is 0 Å². The SMILES string of the molecule is Cc1cccc(CNC(C)C(C)C)c1C. The Balaban J connectivity index is 2.62. The first-order valence-corrected chi connectivity index (χ1v) is 5.81. The molecule has 0 aliphatic carbocycles. The van der Waals surface area contributed by atoms with Crippen molar-refractivity contribution in [2.75, 3.05) is 0 Å². The van der Waals surface area contributed by atoms with Gasteiger partial charge < -0.3 is 5.32 Å². The third kappa shape index (κ3) is 3.35. The summed E-state index contributed by atoms with van der Waals surface area (Å²) in [5.41, 5.74) is 4.22. The summed E-state index contributed by atoms with van der Waals surface area (Å²) in [6.45, 7) is 12.1. The van der Waals surface area contributed by atoms with Crippen molar-refractivity contribution in [1.29, 1.82) is 0 Å². The lowest BCUT2D eigenvalue weighted by Gasteiger charge is -2.18. The fraction of sp³-hybridized carbons (Fsp3) is 0.571. The second kappa shape index (κ2) is 5.32. The van der Waals surface area contributed by atoms with Gasteiger partial charge in [-0.05, 0) is 43.4 Å². The monoisotopic (exact) mass is 205 g/mol. The van der Waals surface area contributed by atoms with Crippen molar-refractivity contribution in [3.8, 4) is 0 Å². The number of hydrogen-bond acceptors (Lipinski definition) is 1. The average molecular weight is 205 g/mol. The van der Waals surface area contributed by atoms with Crippen molar-refractivity contribution in [2.45, 2.75) is 47.2 Å². The van der Waals surface area contributed by atoms with Crippen LogP contribution in [0.4, 0.5) is 0 Å². The first kappa shape index (κ1) is 12.3. The third-order valence-corrected chi connectivity index (χ3v) is 3.33. The maximum atomic E-state index is 3.57. The van der Waals surface area contributed by atoms with E-state index in [0.29, 0.717) is 12.0 Å². The summed E-state index contributed by atoms with van der Waals surface area (Å²) in [5, 5.41) is 3.57.